The number of carbonyl (C=O) groups is 1. The Morgan fingerprint density at radius 1 is 1.04 bits per heavy atom. The molecule has 5 rings (SSSR count). The number of amides is 1. The minimum Gasteiger partial charge on any atom is -0.436 e. The summed E-state index contributed by atoms with van der Waals surface area (Å²) in [7, 11) is 0. The van der Waals surface area contributed by atoms with Crippen LogP contribution in [0.25, 0.3) is 33.3 Å². The van der Waals surface area contributed by atoms with Gasteiger partial charge < -0.3 is 14.3 Å². The largest absolute Gasteiger partial charge is 0.436 e. The number of hydrogen-bond donors (Lipinski definition) is 1. The smallest absolute Gasteiger partial charge is 0.244 e. The number of rotatable bonds is 4. The molecule has 28 heavy (non-hydrogen) atoms. The van der Waals surface area contributed by atoms with Crippen molar-refractivity contribution in [1.82, 2.24) is 14.5 Å². The van der Waals surface area contributed by atoms with Gasteiger partial charge in [-0.2, -0.15) is 0 Å². The second-order valence-electron chi connectivity index (χ2n) is 6.55. The molecule has 1 amide bonds. The molecular weight excluding hydrogens is 352 g/mol. The number of nitrogens with zero attached hydrogens (tertiary/aromatic N) is 3. The van der Waals surface area contributed by atoms with Crippen LogP contribution in [0.15, 0.2) is 83.8 Å². The number of aromatic nitrogens is 3. The van der Waals surface area contributed by atoms with Crippen LogP contribution in [-0.4, -0.2) is 20.4 Å². The van der Waals surface area contributed by atoms with E-state index in [1.807, 2.05) is 36.4 Å². The molecule has 0 spiro atoms. The molecule has 0 saturated carbocycles. The predicted octanol–water partition coefficient (Wildman–Crippen LogP) is 4.48. The van der Waals surface area contributed by atoms with Crippen molar-refractivity contribution in [3.05, 3.63) is 79.4 Å². The number of benzene rings is 3. The first-order valence-electron chi connectivity index (χ1n) is 8.90. The van der Waals surface area contributed by atoms with Crippen LogP contribution in [0, 0.1) is 0 Å². The summed E-state index contributed by atoms with van der Waals surface area (Å²) in [6.45, 7) is 0.208. The van der Waals surface area contributed by atoms with Gasteiger partial charge >= 0.3 is 0 Å². The molecule has 0 radical (unpaired) electrons. The lowest BCUT2D eigenvalue weighted by Crippen LogP contribution is -2.17. The number of carbonyl (C=O) groups excluding carboxylic acids is 1. The zero-order valence-corrected chi connectivity index (χ0v) is 14.9. The topological polar surface area (TPSA) is 73.0 Å². The summed E-state index contributed by atoms with van der Waals surface area (Å²) >= 11 is 0. The highest BCUT2D eigenvalue weighted by Crippen LogP contribution is 2.28. The van der Waals surface area contributed by atoms with E-state index < -0.39 is 0 Å². The molecule has 6 nitrogen and oxygen atoms in total. The molecule has 2 aromatic heterocycles. The average molecular weight is 368 g/mol. The fourth-order valence-electron chi connectivity index (χ4n) is 3.20. The summed E-state index contributed by atoms with van der Waals surface area (Å²) < 4.78 is 7.62. The second-order valence-corrected chi connectivity index (χ2v) is 6.55. The third-order valence-corrected chi connectivity index (χ3v) is 4.55. The van der Waals surface area contributed by atoms with Crippen molar-refractivity contribution in [1.29, 1.82) is 0 Å². The van der Waals surface area contributed by atoms with Crippen molar-refractivity contribution in [3.63, 3.8) is 0 Å². The van der Waals surface area contributed by atoms with Crippen LogP contribution in [-0.2, 0) is 11.3 Å². The zero-order valence-electron chi connectivity index (χ0n) is 14.9. The van der Waals surface area contributed by atoms with E-state index in [1.54, 1.807) is 23.3 Å². The lowest BCUT2D eigenvalue weighted by atomic mass is 10.1. The first-order valence-corrected chi connectivity index (χ1v) is 8.90. The van der Waals surface area contributed by atoms with Gasteiger partial charge in [0, 0.05) is 23.6 Å². The molecule has 0 saturated heterocycles. The fourth-order valence-corrected chi connectivity index (χ4v) is 3.20. The molecule has 136 valence electrons. The van der Waals surface area contributed by atoms with E-state index in [0.717, 1.165) is 10.9 Å². The van der Waals surface area contributed by atoms with Gasteiger partial charge in [0.1, 0.15) is 12.1 Å². The summed E-state index contributed by atoms with van der Waals surface area (Å²) in [4.78, 5) is 20.7. The molecule has 0 aliphatic heterocycles. The van der Waals surface area contributed by atoms with Gasteiger partial charge in [-0.1, -0.05) is 30.3 Å². The number of nitrogens with one attached hydrogen (secondary N) is 1. The van der Waals surface area contributed by atoms with Crippen LogP contribution < -0.4 is 5.32 Å². The summed E-state index contributed by atoms with van der Waals surface area (Å²) in [5, 5.41) is 5.18. The highest BCUT2D eigenvalue weighted by molar-refractivity contribution is 5.93. The Balaban J connectivity index is 1.42. The van der Waals surface area contributed by atoms with Crippen LogP contribution in [0.5, 0.6) is 0 Å². The average Bonchev–Trinajstić information content (AvgIpc) is 3.36. The molecule has 0 unspecified atom stereocenters. The molecule has 0 aliphatic carbocycles. The van der Waals surface area contributed by atoms with Gasteiger partial charge in [0.15, 0.2) is 5.58 Å². The summed E-state index contributed by atoms with van der Waals surface area (Å²) in [6, 6.07) is 19.7. The number of oxazole rings is 1. The summed E-state index contributed by atoms with van der Waals surface area (Å²) in [5.41, 5.74) is 2.97. The number of anilines is 1. The minimum atomic E-state index is -0.129. The summed E-state index contributed by atoms with van der Waals surface area (Å²) in [6.07, 6.45) is 5.00. The second kappa shape index (κ2) is 6.66. The van der Waals surface area contributed by atoms with E-state index in [4.69, 9.17) is 4.42 Å². The number of hydrogen-bond acceptors (Lipinski definition) is 4. The Morgan fingerprint density at radius 3 is 2.79 bits per heavy atom. The van der Waals surface area contributed by atoms with E-state index in [-0.39, 0.29) is 12.5 Å². The maximum atomic E-state index is 12.2. The lowest BCUT2D eigenvalue weighted by Gasteiger charge is -2.05. The van der Waals surface area contributed by atoms with E-state index in [2.05, 4.69) is 39.6 Å². The van der Waals surface area contributed by atoms with E-state index in [9.17, 15) is 4.79 Å². The fraction of sp³-hybridized carbons (Fsp3) is 0.0455. The molecule has 0 aliphatic rings. The number of imidazole rings is 1. The molecular formula is C22H16N4O2. The van der Waals surface area contributed by atoms with Crippen molar-refractivity contribution < 1.29 is 9.21 Å². The van der Waals surface area contributed by atoms with Crippen LogP contribution in [0.1, 0.15) is 0 Å². The van der Waals surface area contributed by atoms with Crippen molar-refractivity contribution in [2.45, 2.75) is 6.54 Å². The van der Waals surface area contributed by atoms with Gasteiger partial charge in [0.25, 0.3) is 0 Å². The van der Waals surface area contributed by atoms with E-state index >= 15 is 0 Å². The molecule has 0 fully saturated rings. The Hall–Kier alpha value is -3.93. The Kier molecular flexibility index (Phi) is 3.87. The van der Waals surface area contributed by atoms with Gasteiger partial charge in [-0.3, -0.25) is 4.79 Å². The standard InChI is InChI=1S/C22H16N4O2/c27-21(13-26-10-9-23-14-26)24-18-7-8-20-19(12-18)25-22(28-20)17-6-5-15-3-1-2-4-16(15)11-17/h1-12,14H,13H2,(H,24,27). The van der Waals surface area contributed by atoms with E-state index in [0.29, 0.717) is 22.7 Å². The Labute approximate surface area is 160 Å². The predicted molar refractivity (Wildman–Crippen MR) is 108 cm³/mol. The highest BCUT2D eigenvalue weighted by atomic mass is 16.3. The zero-order chi connectivity index (χ0) is 18.9. The lowest BCUT2D eigenvalue weighted by molar-refractivity contribution is -0.116. The van der Waals surface area contributed by atoms with Crippen LogP contribution in [0.4, 0.5) is 5.69 Å². The van der Waals surface area contributed by atoms with Crippen molar-refractivity contribution in [3.8, 4) is 11.5 Å². The summed E-state index contributed by atoms with van der Waals surface area (Å²) in [5.74, 6) is 0.429. The van der Waals surface area contributed by atoms with E-state index in [1.165, 1.54) is 5.39 Å². The molecule has 6 heteroatoms. The van der Waals surface area contributed by atoms with Gasteiger partial charge in [-0.05, 0) is 41.1 Å². The van der Waals surface area contributed by atoms with Gasteiger partial charge in [-0.15, -0.1) is 0 Å². The molecule has 5 aromatic rings. The highest BCUT2D eigenvalue weighted by Gasteiger charge is 2.11. The van der Waals surface area contributed by atoms with Gasteiger partial charge in [0.05, 0.1) is 6.33 Å². The minimum absolute atomic E-state index is 0.129. The molecule has 1 N–H and O–H groups in total. The molecule has 3 aromatic carbocycles. The van der Waals surface area contributed by atoms with Crippen molar-refractivity contribution in [2.75, 3.05) is 5.32 Å². The van der Waals surface area contributed by atoms with Crippen LogP contribution in [0.2, 0.25) is 0 Å². The van der Waals surface area contributed by atoms with Crippen LogP contribution >= 0.6 is 0 Å². The number of fused-ring (bicyclic) bond motifs is 2. The molecule has 2 heterocycles. The normalized spacial score (nSPS) is 11.1. The third kappa shape index (κ3) is 3.12. The van der Waals surface area contributed by atoms with Gasteiger partial charge in [0.2, 0.25) is 11.8 Å². The molecule has 0 atom stereocenters. The SMILES string of the molecule is O=C(Cn1ccnc1)Nc1ccc2oc(-c3ccc4ccccc4c3)nc2c1. The van der Waals surface area contributed by atoms with Crippen LogP contribution in [0.3, 0.4) is 0 Å². The quantitative estimate of drug-likeness (QED) is 0.507. The first kappa shape index (κ1) is 16.3. The maximum Gasteiger partial charge on any atom is 0.244 e. The monoisotopic (exact) mass is 368 g/mol. The van der Waals surface area contributed by atoms with Gasteiger partial charge in [-0.25, -0.2) is 9.97 Å². The van der Waals surface area contributed by atoms with Crippen molar-refractivity contribution >= 4 is 33.5 Å². The Morgan fingerprint density at radius 2 is 1.93 bits per heavy atom. The third-order valence-electron chi connectivity index (χ3n) is 4.55. The first-order chi connectivity index (χ1) is 13.7. The maximum absolute atomic E-state index is 12.2. The molecule has 0 bridgehead atoms. The Bertz CT molecular complexity index is 1290. The van der Waals surface area contributed by atoms with Crippen molar-refractivity contribution in [2.24, 2.45) is 0 Å².